The molecule has 0 saturated carbocycles. The fraction of sp³-hybridized carbons (Fsp3) is 0.500. The third-order valence-electron chi connectivity index (χ3n) is 3.04. The number of aromatic hydroxyl groups is 1. The maximum Gasteiger partial charge on any atom is 0.120 e. The Labute approximate surface area is 89.3 Å². The number of halogens is 1. The van der Waals surface area contributed by atoms with Gasteiger partial charge in [-0.05, 0) is 37.7 Å². The monoisotopic (exact) mass is 209 g/mol. The van der Waals surface area contributed by atoms with Gasteiger partial charge in [-0.1, -0.05) is 12.1 Å². The number of piperidine rings is 1. The molecule has 15 heavy (non-hydrogen) atoms. The van der Waals surface area contributed by atoms with E-state index in [0.717, 1.165) is 18.5 Å². The van der Waals surface area contributed by atoms with Crippen molar-refractivity contribution >= 4 is 0 Å². The van der Waals surface area contributed by atoms with Crippen LogP contribution in [0.3, 0.4) is 0 Å². The van der Waals surface area contributed by atoms with Crippen molar-refractivity contribution in [1.29, 1.82) is 0 Å². The van der Waals surface area contributed by atoms with Gasteiger partial charge in [-0.15, -0.1) is 0 Å². The molecule has 1 aromatic carbocycles. The van der Waals surface area contributed by atoms with Crippen molar-refractivity contribution in [2.75, 3.05) is 20.1 Å². The largest absolute Gasteiger partial charge is 0.508 e. The first-order chi connectivity index (χ1) is 7.16. The number of phenols is 1. The van der Waals surface area contributed by atoms with E-state index < -0.39 is 6.17 Å². The van der Waals surface area contributed by atoms with Gasteiger partial charge in [-0.25, -0.2) is 4.39 Å². The van der Waals surface area contributed by atoms with Gasteiger partial charge >= 0.3 is 0 Å². The molecular weight excluding hydrogens is 193 g/mol. The number of benzene rings is 1. The second-order valence-corrected chi connectivity index (χ2v) is 4.27. The highest BCUT2D eigenvalue weighted by Crippen LogP contribution is 2.31. The maximum absolute atomic E-state index is 13.8. The Balaban J connectivity index is 2.17. The van der Waals surface area contributed by atoms with Crippen LogP contribution in [0, 0.1) is 0 Å². The fourth-order valence-corrected chi connectivity index (χ4v) is 2.19. The molecule has 2 unspecified atom stereocenters. The van der Waals surface area contributed by atoms with Gasteiger partial charge in [-0.3, -0.25) is 0 Å². The van der Waals surface area contributed by atoms with Gasteiger partial charge in [0, 0.05) is 12.5 Å². The number of hydrogen-bond donors (Lipinski definition) is 1. The van der Waals surface area contributed by atoms with Crippen LogP contribution in [0.15, 0.2) is 24.3 Å². The third kappa shape index (κ3) is 2.29. The zero-order valence-corrected chi connectivity index (χ0v) is 8.86. The molecule has 1 heterocycles. The summed E-state index contributed by atoms with van der Waals surface area (Å²) < 4.78 is 13.8. The van der Waals surface area contributed by atoms with Gasteiger partial charge in [0.2, 0.25) is 0 Å². The Bertz CT molecular complexity index is 342. The minimum Gasteiger partial charge on any atom is -0.508 e. The van der Waals surface area contributed by atoms with E-state index in [1.54, 1.807) is 18.2 Å². The zero-order chi connectivity index (χ0) is 10.8. The summed E-state index contributed by atoms with van der Waals surface area (Å²) in [5.41, 5.74) is 0.913. The average Bonchev–Trinajstić information content (AvgIpc) is 2.17. The number of nitrogens with zero attached hydrogens (tertiary/aromatic N) is 1. The van der Waals surface area contributed by atoms with Crippen molar-refractivity contribution in [3.05, 3.63) is 29.8 Å². The number of alkyl halides is 1. The van der Waals surface area contributed by atoms with E-state index in [0.29, 0.717) is 6.54 Å². The van der Waals surface area contributed by atoms with Crippen LogP contribution in [0.5, 0.6) is 5.75 Å². The first-order valence-electron chi connectivity index (χ1n) is 5.28. The molecule has 0 radical (unpaired) electrons. The molecule has 1 aliphatic heterocycles. The lowest BCUT2D eigenvalue weighted by molar-refractivity contribution is 0.139. The average molecular weight is 209 g/mol. The Morgan fingerprint density at radius 1 is 1.47 bits per heavy atom. The summed E-state index contributed by atoms with van der Waals surface area (Å²) in [4.78, 5) is 2.00. The molecular formula is C12H16FNO. The summed E-state index contributed by atoms with van der Waals surface area (Å²) in [6.45, 7) is 1.40. The summed E-state index contributed by atoms with van der Waals surface area (Å²) in [6, 6.07) is 6.95. The fourth-order valence-electron chi connectivity index (χ4n) is 2.19. The molecule has 2 atom stereocenters. The normalized spacial score (nSPS) is 27.9. The van der Waals surface area contributed by atoms with Crippen LogP contribution in [0.4, 0.5) is 4.39 Å². The Hall–Kier alpha value is -1.09. The summed E-state index contributed by atoms with van der Waals surface area (Å²) in [7, 11) is 1.94. The van der Waals surface area contributed by atoms with Crippen molar-refractivity contribution in [3.8, 4) is 5.75 Å². The van der Waals surface area contributed by atoms with Crippen LogP contribution < -0.4 is 0 Å². The highest BCUT2D eigenvalue weighted by Gasteiger charge is 2.28. The molecule has 0 aromatic heterocycles. The van der Waals surface area contributed by atoms with Crippen LogP contribution >= 0.6 is 0 Å². The van der Waals surface area contributed by atoms with E-state index in [1.807, 2.05) is 18.0 Å². The second kappa shape index (κ2) is 4.19. The smallest absolute Gasteiger partial charge is 0.120 e. The molecule has 0 amide bonds. The van der Waals surface area contributed by atoms with Gasteiger partial charge < -0.3 is 10.0 Å². The predicted molar refractivity (Wildman–Crippen MR) is 57.9 cm³/mol. The molecule has 1 N–H and O–H groups in total. The first-order valence-corrected chi connectivity index (χ1v) is 5.28. The standard InChI is InChI=1S/C12H16FNO/c1-14-6-5-11(12(13)8-14)9-3-2-4-10(15)7-9/h2-4,7,11-12,15H,5-6,8H2,1H3. The SMILES string of the molecule is CN1CCC(c2cccc(O)c2)C(F)C1. The second-order valence-electron chi connectivity index (χ2n) is 4.27. The van der Waals surface area contributed by atoms with E-state index in [9.17, 15) is 9.50 Å². The highest BCUT2D eigenvalue weighted by molar-refractivity contribution is 5.30. The summed E-state index contributed by atoms with van der Waals surface area (Å²) >= 11 is 0. The van der Waals surface area contributed by atoms with E-state index in [2.05, 4.69) is 0 Å². The minimum absolute atomic E-state index is 0.0618. The number of phenolic OH excluding ortho intramolecular Hbond substituents is 1. The van der Waals surface area contributed by atoms with Crippen molar-refractivity contribution in [2.24, 2.45) is 0 Å². The molecule has 1 saturated heterocycles. The quantitative estimate of drug-likeness (QED) is 0.766. The number of likely N-dealkylation sites (tertiary alicyclic amines) is 1. The summed E-state index contributed by atoms with van der Waals surface area (Å²) in [6.07, 6.45) is -0.00764. The first kappa shape index (κ1) is 10.4. The van der Waals surface area contributed by atoms with Crippen LogP contribution in [-0.2, 0) is 0 Å². The van der Waals surface area contributed by atoms with E-state index in [-0.39, 0.29) is 11.7 Å². The highest BCUT2D eigenvalue weighted by atomic mass is 19.1. The zero-order valence-electron chi connectivity index (χ0n) is 8.86. The molecule has 0 bridgehead atoms. The van der Waals surface area contributed by atoms with Gasteiger partial charge in [-0.2, -0.15) is 0 Å². The maximum atomic E-state index is 13.8. The van der Waals surface area contributed by atoms with Crippen LogP contribution in [0.2, 0.25) is 0 Å². The molecule has 82 valence electrons. The number of rotatable bonds is 1. The lowest BCUT2D eigenvalue weighted by atomic mass is 9.88. The lowest BCUT2D eigenvalue weighted by Gasteiger charge is -2.32. The van der Waals surface area contributed by atoms with Crippen molar-refractivity contribution in [3.63, 3.8) is 0 Å². The van der Waals surface area contributed by atoms with Gasteiger partial charge in [0.15, 0.2) is 0 Å². The van der Waals surface area contributed by atoms with Crippen LogP contribution in [0.1, 0.15) is 17.9 Å². The molecule has 3 heteroatoms. The molecule has 2 rings (SSSR count). The Morgan fingerprint density at radius 2 is 2.27 bits per heavy atom. The van der Waals surface area contributed by atoms with Crippen molar-refractivity contribution < 1.29 is 9.50 Å². The third-order valence-corrected chi connectivity index (χ3v) is 3.04. The molecule has 1 fully saturated rings. The van der Waals surface area contributed by atoms with Crippen molar-refractivity contribution in [2.45, 2.75) is 18.5 Å². The topological polar surface area (TPSA) is 23.5 Å². The predicted octanol–water partition coefficient (Wildman–Crippen LogP) is 2.15. The van der Waals surface area contributed by atoms with Gasteiger partial charge in [0.1, 0.15) is 11.9 Å². The Morgan fingerprint density at radius 3 is 2.93 bits per heavy atom. The van der Waals surface area contributed by atoms with Crippen LogP contribution in [-0.4, -0.2) is 36.3 Å². The van der Waals surface area contributed by atoms with Gasteiger partial charge in [0.05, 0.1) is 0 Å². The van der Waals surface area contributed by atoms with Crippen molar-refractivity contribution in [1.82, 2.24) is 4.90 Å². The van der Waals surface area contributed by atoms with E-state index in [1.165, 1.54) is 0 Å². The Kier molecular flexibility index (Phi) is 2.91. The molecule has 0 spiro atoms. The van der Waals surface area contributed by atoms with E-state index >= 15 is 0 Å². The molecule has 1 aliphatic rings. The van der Waals surface area contributed by atoms with Gasteiger partial charge in [0.25, 0.3) is 0 Å². The molecule has 1 aromatic rings. The minimum atomic E-state index is -0.828. The summed E-state index contributed by atoms with van der Waals surface area (Å²) in [5.74, 6) is 0.159. The van der Waals surface area contributed by atoms with Crippen LogP contribution in [0.25, 0.3) is 0 Å². The van der Waals surface area contributed by atoms with E-state index in [4.69, 9.17) is 0 Å². The summed E-state index contributed by atoms with van der Waals surface area (Å²) in [5, 5.41) is 9.35. The lowest BCUT2D eigenvalue weighted by Crippen LogP contribution is -2.38. The number of hydrogen-bond acceptors (Lipinski definition) is 2. The molecule has 2 nitrogen and oxygen atoms in total. The molecule has 0 aliphatic carbocycles.